The van der Waals surface area contributed by atoms with Gasteiger partial charge < -0.3 is 5.11 Å². The second-order valence-electron chi connectivity index (χ2n) is 5.35. The number of aromatic hydroxyl groups is 1. The van der Waals surface area contributed by atoms with Crippen LogP contribution in [0.2, 0.25) is 0 Å². The van der Waals surface area contributed by atoms with Gasteiger partial charge in [0.15, 0.2) is 0 Å². The van der Waals surface area contributed by atoms with E-state index in [2.05, 4.69) is 25.0 Å². The van der Waals surface area contributed by atoms with Crippen LogP contribution >= 0.6 is 0 Å². The number of rotatable bonds is 2. The van der Waals surface area contributed by atoms with Crippen LogP contribution in [0.4, 0.5) is 0 Å². The third-order valence-corrected chi connectivity index (χ3v) is 3.76. The predicted molar refractivity (Wildman–Crippen MR) is 85.2 cm³/mol. The zero-order valence-corrected chi connectivity index (χ0v) is 12.5. The first-order valence-corrected chi connectivity index (χ1v) is 6.97. The molecule has 0 fully saturated rings. The summed E-state index contributed by atoms with van der Waals surface area (Å²) in [6.07, 6.45) is 0. The summed E-state index contributed by atoms with van der Waals surface area (Å²) >= 11 is 0. The summed E-state index contributed by atoms with van der Waals surface area (Å²) in [6, 6.07) is 16.2. The molecule has 0 amide bonds. The molecule has 0 aliphatic rings. The molecule has 2 aromatic carbocycles. The highest BCUT2D eigenvalue weighted by Crippen LogP contribution is 2.39. The Balaban J connectivity index is 2.26. The zero-order valence-electron chi connectivity index (χ0n) is 12.5. The number of hydrogen-bond acceptors (Lipinski definition) is 2. The molecule has 21 heavy (non-hydrogen) atoms. The van der Waals surface area contributed by atoms with Crippen molar-refractivity contribution in [2.45, 2.75) is 13.8 Å². The molecule has 3 heteroatoms. The van der Waals surface area contributed by atoms with Gasteiger partial charge in [0.05, 0.1) is 5.56 Å². The molecule has 0 radical (unpaired) electrons. The molecule has 0 aliphatic heterocycles. The summed E-state index contributed by atoms with van der Waals surface area (Å²) in [5.41, 5.74) is 5.96. The number of aryl methyl sites for hydroxylation is 3. The molecule has 0 bridgehead atoms. The number of aromatic nitrogens is 2. The first-order valence-electron chi connectivity index (χ1n) is 6.97. The minimum Gasteiger partial charge on any atom is -0.493 e. The maximum Gasteiger partial charge on any atom is 0.217 e. The van der Waals surface area contributed by atoms with Crippen molar-refractivity contribution in [3.05, 3.63) is 59.7 Å². The smallest absolute Gasteiger partial charge is 0.217 e. The van der Waals surface area contributed by atoms with Crippen molar-refractivity contribution in [2.24, 2.45) is 7.05 Å². The zero-order chi connectivity index (χ0) is 15.0. The molecular weight excluding hydrogens is 260 g/mol. The molecular formula is C18H18N2O. The molecule has 1 N–H and O–H groups in total. The van der Waals surface area contributed by atoms with Gasteiger partial charge in [-0.2, -0.15) is 5.10 Å². The molecule has 0 saturated heterocycles. The van der Waals surface area contributed by atoms with Crippen LogP contribution in [0.5, 0.6) is 5.88 Å². The van der Waals surface area contributed by atoms with Crippen LogP contribution < -0.4 is 0 Å². The second kappa shape index (κ2) is 5.09. The Kier molecular flexibility index (Phi) is 3.26. The Hall–Kier alpha value is -2.55. The van der Waals surface area contributed by atoms with E-state index in [-0.39, 0.29) is 5.88 Å². The van der Waals surface area contributed by atoms with Crippen LogP contribution in [0.25, 0.3) is 22.4 Å². The van der Waals surface area contributed by atoms with Crippen LogP contribution in [-0.2, 0) is 7.05 Å². The van der Waals surface area contributed by atoms with Crippen molar-refractivity contribution in [3.8, 4) is 28.3 Å². The average Bonchev–Trinajstić information content (AvgIpc) is 2.76. The van der Waals surface area contributed by atoms with Crippen molar-refractivity contribution in [3.63, 3.8) is 0 Å². The van der Waals surface area contributed by atoms with Gasteiger partial charge in [-0.15, -0.1) is 0 Å². The molecule has 0 unspecified atom stereocenters. The van der Waals surface area contributed by atoms with Gasteiger partial charge in [-0.25, -0.2) is 4.68 Å². The molecule has 0 atom stereocenters. The van der Waals surface area contributed by atoms with E-state index in [1.807, 2.05) is 42.5 Å². The van der Waals surface area contributed by atoms with Crippen molar-refractivity contribution >= 4 is 0 Å². The van der Waals surface area contributed by atoms with Crippen molar-refractivity contribution in [1.29, 1.82) is 0 Å². The van der Waals surface area contributed by atoms with Gasteiger partial charge in [0.2, 0.25) is 5.88 Å². The van der Waals surface area contributed by atoms with Crippen molar-refractivity contribution in [1.82, 2.24) is 9.78 Å². The fourth-order valence-corrected chi connectivity index (χ4v) is 2.53. The molecule has 0 saturated carbocycles. The van der Waals surface area contributed by atoms with Gasteiger partial charge >= 0.3 is 0 Å². The minimum atomic E-state index is 0.192. The van der Waals surface area contributed by atoms with Gasteiger partial charge in [0, 0.05) is 12.6 Å². The maximum atomic E-state index is 10.4. The lowest BCUT2D eigenvalue weighted by Gasteiger charge is -2.06. The summed E-state index contributed by atoms with van der Waals surface area (Å²) in [5, 5.41) is 14.9. The van der Waals surface area contributed by atoms with Gasteiger partial charge in [-0.1, -0.05) is 54.1 Å². The lowest BCUT2D eigenvalue weighted by molar-refractivity contribution is 0.421. The van der Waals surface area contributed by atoms with Crippen molar-refractivity contribution in [2.75, 3.05) is 0 Å². The summed E-state index contributed by atoms with van der Waals surface area (Å²) < 4.78 is 1.52. The van der Waals surface area contributed by atoms with Crippen LogP contribution in [0, 0.1) is 13.8 Å². The monoisotopic (exact) mass is 278 g/mol. The topological polar surface area (TPSA) is 38.0 Å². The van der Waals surface area contributed by atoms with E-state index in [1.165, 1.54) is 10.2 Å². The normalized spacial score (nSPS) is 10.8. The van der Waals surface area contributed by atoms with E-state index in [4.69, 9.17) is 0 Å². The largest absolute Gasteiger partial charge is 0.493 e. The summed E-state index contributed by atoms with van der Waals surface area (Å²) in [7, 11) is 1.76. The fraction of sp³-hybridized carbons (Fsp3) is 0.167. The van der Waals surface area contributed by atoms with Crippen LogP contribution in [0.15, 0.2) is 48.5 Å². The molecule has 3 rings (SSSR count). The van der Waals surface area contributed by atoms with Gasteiger partial charge in [-0.3, -0.25) is 0 Å². The minimum absolute atomic E-state index is 0.192. The highest BCUT2D eigenvalue weighted by Gasteiger charge is 2.19. The van der Waals surface area contributed by atoms with E-state index in [9.17, 15) is 5.11 Å². The third kappa shape index (κ3) is 2.31. The predicted octanol–water partition coefficient (Wildman–Crippen LogP) is 4.08. The number of hydrogen-bond donors (Lipinski definition) is 1. The molecule has 3 nitrogen and oxygen atoms in total. The van der Waals surface area contributed by atoms with Gasteiger partial charge in [-0.05, 0) is 25.0 Å². The van der Waals surface area contributed by atoms with Gasteiger partial charge in [0.1, 0.15) is 5.69 Å². The molecule has 0 spiro atoms. The van der Waals surface area contributed by atoms with E-state index < -0.39 is 0 Å². The lowest BCUT2D eigenvalue weighted by Crippen LogP contribution is -1.90. The Labute approximate surface area is 124 Å². The van der Waals surface area contributed by atoms with Gasteiger partial charge in [0.25, 0.3) is 0 Å². The van der Waals surface area contributed by atoms with Crippen molar-refractivity contribution < 1.29 is 5.11 Å². The van der Waals surface area contributed by atoms with Crippen LogP contribution in [0.1, 0.15) is 11.1 Å². The van der Waals surface area contributed by atoms with Crippen LogP contribution in [0.3, 0.4) is 0 Å². The molecule has 3 aromatic rings. The molecule has 1 aromatic heterocycles. The first-order chi connectivity index (χ1) is 10.1. The van der Waals surface area contributed by atoms with E-state index in [0.717, 1.165) is 27.9 Å². The standard InChI is InChI=1S/C18H18N2O/c1-12-8-10-14(11-9-12)16-17(19-20(3)18(16)21)15-7-5-4-6-13(15)2/h4-11,21H,1-3H3. The average molecular weight is 278 g/mol. The van der Waals surface area contributed by atoms with E-state index in [1.54, 1.807) is 7.05 Å². The summed E-state index contributed by atoms with van der Waals surface area (Å²) in [5.74, 6) is 0.192. The highest BCUT2D eigenvalue weighted by molar-refractivity contribution is 5.85. The maximum absolute atomic E-state index is 10.4. The lowest BCUT2D eigenvalue weighted by atomic mass is 9.98. The molecule has 106 valence electrons. The Morgan fingerprint density at radius 2 is 1.62 bits per heavy atom. The Bertz CT molecular complexity index is 785. The number of nitrogens with zero attached hydrogens (tertiary/aromatic N) is 2. The first kappa shape index (κ1) is 13.4. The SMILES string of the molecule is Cc1ccc(-c2c(-c3ccccc3C)nn(C)c2O)cc1. The fourth-order valence-electron chi connectivity index (χ4n) is 2.53. The highest BCUT2D eigenvalue weighted by atomic mass is 16.3. The molecule has 1 heterocycles. The van der Waals surface area contributed by atoms with E-state index >= 15 is 0 Å². The number of benzene rings is 2. The van der Waals surface area contributed by atoms with E-state index in [0.29, 0.717) is 0 Å². The van der Waals surface area contributed by atoms with Crippen LogP contribution in [-0.4, -0.2) is 14.9 Å². The quantitative estimate of drug-likeness (QED) is 0.767. The third-order valence-electron chi connectivity index (χ3n) is 3.76. The second-order valence-corrected chi connectivity index (χ2v) is 5.35. The summed E-state index contributed by atoms with van der Waals surface area (Å²) in [4.78, 5) is 0. The molecule has 0 aliphatic carbocycles. The Morgan fingerprint density at radius 3 is 2.29 bits per heavy atom. The summed E-state index contributed by atoms with van der Waals surface area (Å²) in [6.45, 7) is 4.11. The Morgan fingerprint density at radius 1 is 0.952 bits per heavy atom.